The molecule has 1 rings (SSSR count). The zero-order chi connectivity index (χ0) is 9.68. The summed E-state index contributed by atoms with van der Waals surface area (Å²) in [5, 5.41) is 0. The third kappa shape index (κ3) is 3.63. The summed E-state index contributed by atoms with van der Waals surface area (Å²) in [4.78, 5) is 0. The highest BCUT2D eigenvalue weighted by Gasteiger charge is 2.01. The number of hydrogen-bond acceptors (Lipinski definition) is 1. The molecule has 0 aliphatic heterocycles. The van der Waals surface area contributed by atoms with Gasteiger partial charge in [-0.25, -0.2) is 0 Å². The second-order valence-electron chi connectivity index (χ2n) is 3.00. The fourth-order valence-electron chi connectivity index (χ4n) is 1.19. The van der Waals surface area contributed by atoms with Gasteiger partial charge in [-0.15, -0.1) is 12.3 Å². The Morgan fingerprint density at radius 3 is 2.92 bits per heavy atom. The van der Waals surface area contributed by atoms with Gasteiger partial charge >= 0.3 is 0 Å². The molecular weight excluding hydrogens is 226 g/mol. The standard InChI is InChI=1S/C11H12BrN/c1-2-4-11(13)8-9-5-3-6-10(12)7-9/h1,3,5-7,11H,4,8,13H2. The molecule has 0 fully saturated rings. The molecule has 0 aliphatic rings. The normalized spacial score (nSPS) is 12.1. The molecule has 68 valence electrons. The Morgan fingerprint density at radius 1 is 1.54 bits per heavy atom. The lowest BCUT2D eigenvalue weighted by molar-refractivity contribution is 0.689. The van der Waals surface area contributed by atoms with Gasteiger partial charge in [0.15, 0.2) is 0 Å². The van der Waals surface area contributed by atoms with Gasteiger partial charge in [0, 0.05) is 16.9 Å². The number of rotatable bonds is 3. The Hall–Kier alpha value is -0.780. The van der Waals surface area contributed by atoms with Crippen LogP contribution in [0.25, 0.3) is 0 Å². The van der Waals surface area contributed by atoms with Gasteiger partial charge in [0.1, 0.15) is 0 Å². The highest BCUT2D eigenvalue weighted by atomic mass is 79.9. The molecule has 0 spiro atoms. The first kappa shape index (κ1) is 10.3. The van der Waals surface area contributed by atoms with Crippen molar-refractivity contribution in [1.29, 1.82) is 0 Å². The van der Waals surface area contributed by atoms with E-state index in [1.807, 2.05) is 12.1 Å². The molecule has 1 atom stereocenters. The summed E-state index contributed by atoms with van der Waals surface area (Å²) < 4.78 is 1.08. The zero-order valence-corrected chi connectivity index (χ0v) is 8.92. The van der Waals surface area contributed by atoms with Gasteiger partial charge in [-0.3, -0.25) is 0 Å². The highest BCUT2D eigenvalue weighted by Crippen LogP contribution is 2.13. The number of hydrogen-bond donors (Lipinski definition) is 1. The molecule has 0 heterocycles. The first-order chi connectivity index (χ1) is 6.22. The zero-order valence-electron chi connectivity index (χ0n) is 7.33. The largest absolute Gasteiger partial charge is 0.327 e. The fourth-order valence-corrected chi connectivity index (χ4v) is 1.64. The molecule has 2 heteroatoms. The molecular formula is C11H12BrN. The quantitative estimate of drug-likeness (QED) is 0.803. The molecule has 1 aromatic carbocycles. The number of halogens is 1. The molecule has 13 heavy (non-hydrogen) atoms. The van der Waals surface area contributed by atoms with E-state index in [-0.39, 0.29) is 6.04 Å². The van der Waals surface area contributed by atoms with Gasteiger partial charge < -0.3 is 5.73 Å². The lowest BCUT2D eigenvalue weighted by atomic mass is 10.0. The molecule has 0 aliphatic carbocycles. The number of terminal acetylenes is 1. The van der Waals surface area contributed by atoms with Crippen molar-refractivity contribution in [2.45, 2.75) is 18.9 Å². The molecule has 0 aromatic heterocycles. The third-order valence-electron chi connectivity index (χ3n) is 1.77. The van der Waals surface area contributed by atoms with Crippen LogP contribution in [0.2, 0.25) is 0 Å². The maximum atomic E-state index is 5.81. The maximum absolute atomic E-state index is 5.81. The fraction of sp³-hybridized carbons (Fsp3) is 0.273. The molecule has 0 saturated carbocycles. The van der Waals surface area contributed by atoms with Gasteiger partial charge in [0.2, 0.25) is 0 Å². The molecule has 2 N–H and O–H groups in total. The van der Waals surface area contributed by atoms with E-state index in [0.717, 1.165) is 10.9 Å². The minimum absolute atomic E-state index is 0.0688. The van der Waals surface area contributed by atoms with Crippen molar-refractivity contribution in [1.82, 2.24) is 0 Å². The molecule has 0 radical (unpaired) electrons. The van der Waals surface area contributed by atoms with Crippen LogP contribution in [0.4, 0.5) is 0 Å². The molecule has 1 unspecified atom stereocenters. The first-order valence-electron chi connectivity index (χ1n) is 4.16. The SMILES string of the molecule is C#CCC(N)Cc1cccc(Br)c1. The van der Waals surface area contributed by atoms with Crippen molar-refractivity contribution in [2.24, 2.45) is 5.73 Å². The van der Waals surface area contributed by atoms with E-state index < -0.39 is 0 Å². The van der Waals surface area contributed by atoms with Crippen LogP contribution in [0.15, 0.2) is 28.7 Å². The predicted octanol–water partition coefficient (Wildman–Crippen LogP) is 2.34. The summed E-state index contributed by atoms with van der Waals surface area (Å²) in [6.45, 7) is 0. The summed E-state index contributed by atoms with van der Waals surface area (Å²) in [5.74, 6) is 2.57. The summed E-state index contributed by atoms with van der Waals surface area (Å²) >= 11 is 3.41. The molecule has 0 saturated heterocycles. The van der Waals surface area contributed by atoms with E-state index in [1.54, 1.807) is 0 Å². The van der Waals surface area contributed by atoms with Crippen LogP contribution >= 0.6 is 15.9 Å². The summed E-state index contributed by atoms with van der Waals surface area (Å²) in [7, 11) is 0. The number of nitrogens with two attached hydrogens (primary N) is 1. The minimum atomic E-state index is 0.0688. The van der Waals surface area contributed by atoms with E-state index in [9.17, 15) is 0 Å². The summed E-state index contributed by atoms with van der Waals surface area (Å²) in [6.07, 6.45) is 6.64. The Labute approximate surface area is 87.5 Å². The molecule has 1 nitrogen and oxygen atoms in total. The van der Waals surface area contributed by atoms with Crippen molar-refractivity contribution >= 4 is 15.9 Å². The topological polar surface area (TPSA) is 26.0 Å². The van der Waals surface area contributed by atoms with Crippen molar-refractivity contribution in [3.05, 3.63) is 34.3 Å². The van der Waals surface area contributed by atoms with E-state index in [1.165, 1.54) is 5.56 Å². The van der Waals surface area contributed by atoms with E-state index in [2.05, 4.69) is 34.0 Å². The highest BCUT2D eigenvalue weighted by molar-refractivity contribution is 9.10. The smallest absolute Gasteiger partial charge is 0.0241 e. The Morgan fingerprint density at radius 2 is 2.31 bits per heavy atom. The van der Waals surface area contributed by atoms with Crippen LogP contribution in [0, 0.1) is 12.3 Å². The molecule has 0 amide bonds. The van der Waals surface area contributed by atoms with Crippen LogP contribution in [0.3, 0.4) is 0 Å². The second kappa shape index (κ2) is 5.06. The van der Waals surface area contributed by atoms with E-state index in [0.29, 0.717) is 6.42 Å². The van der Waals surface area contributed by atoms with E-state index in [4.69, 9.17) is 12.2 Å². The van der Waals surface area contributed by atoms with Gasteiger partial charge in [0.05, 0.1) is 0 Å². The van der Waals surface area contributed by atoms with E-state index >= 15 is 0 Å². The Balaban J connectivity index is 2.59. The Kier molecular flexibility index (Phi) is 4.01. The van der Waals surface area contributed by atoms with Gasteiger partial charge in [-0.05, 0) is 24.1 Å². The average molecular weight is 238 g/mol. The van der Waals surface area contributed by atoms with Gasteiger partial charge in [-0.2, -0.15) is 0 Å². The molecule has 0 bridgehead atoms. The van der Waals surface area contributed by atoms with Crippen LogP contribution in [-0.4, -0.2) is 6.04 Å². The van der Waals surface area contributed by atoms with Gasteiger partial charge in [0.25, 0.3) is 0 Å². The van der Waals surface area contributed by atoms with Crippen LogP contribution < -0.4 is 5.73 Å². The van der Waals surface area contributed by atoms with Gasteiger partial charge in [-0.1, -0.05) is 28.1 Å². The summed E-state index contributed by atoms with van der Waals surface area (Å²) in [6, 6.07) is 8.19. The van der Waals surface area contributed by atoms with Crippen molar-refractivity contribution in [2.75, 3.05) is 0 Å². The van der Waals surface area contributed by atoms with Crippen LogP contribution in [-0.2, 0) is 6.42 Å². The average Bonchev–Trinajstić information content (AvgIpc) is 2.04. The lowest BCUT2D eigenvalue weighted by Gasteiger charge is -2.07. The monoisotopic (exact) mass is 237 g/mol. The second-order valence-corrected chi connectivity index (χ2v) is 3.92. The van der Waals surface area contributed by atoms with Crippen LogP contribution in [0.1, 0.15) is 12.0 Å². The number of benzene rings is 1. The Bertz CT molecular complexity index is 314. The van der Waals surface area contributed by atoms with Crippen molar-refractivity contribution < 1.29 is 0 Å². The molecule has 1 aromatic rings. The summed E-state index contributed by atoms with van der Waals surface area (Å²) in [5.41, 5.74) is 7.03. The predicted molar refractivity (Wildman–Crippen MR) is 59.3 cm³/mol. The van der Waals surface area contributed by atoms with Crippen molar-refractivity contribution in [3.63, 3.8) is 0 Å². The van der Waals surface area contributed by atoms with Crippen LogP contribution in [0.5, 0.6) is 0 Å². The maximum Gasteiger partial charge on any atom is 0.0241 e. The lowest BCUT2D eigenvalue weighted by Crippen LogP contribution is -2.21. The third-order valence-corrected chi connectivity index (χ3v) is 2.26. The minimum Gasteiger partial charge on any atom is -0.327 e. The van der Waals surface area contributed by atoms with Crippen molar-refractivity contribution in [3.8, 4) is 12.3 Å². The first-order valence-corrected chi connectivity index (χ1v) is 4.95.